The second-order valence-electron chi connectivity index (χ2n) is 8.91. The molecule has 38 heavy (non-hydrogen) atoms. The third-order valence-electron chi connectivity index (χ3n) is 6.48. The summed E-state index contributed by atoms with van der Waals surface area (Å²) >= 11 is 6.01. The SMILES string of the molecule is O=C(OCC(=O)c1ccccc1Cl)c1ccc(N2C(=O)CC(NCCc3c[nH]c4ccccc34)C2=O)cc1. The molecule has 1 aromatic heterocycles. The number of H-pyrrole nitrogens is 1. The van der Waals surface area contributed by atoms with E-state index in [-0.39, 0.29) is 34.4 Å². The van der Waals surface area contributed by atoms with E-state index >= 15 is 0 Å². The maximum Gasteiger partial charge on any atom is 0.338 e. The van der Waals surface area contributed by atoms with Crippen LogP contribution in [-0.2, 0) is 20.7 Å². The predicted molar refractivity (Wildman–Crippen MR) is 143 cm³/mol. The standard InChI is InChI=1S/C29H24ClN3O5/c30-23-7-3-1-6-22(23)26(34)17-38-29(37)18-9-11-20(12-10-18)33-27(35)15-25(28(33)36)31-14-13-19-16-32-24-8-4-2-5-21(19)24/h1-12,16,25,31-32H,13-15,17H2. The summed E-state index contributed by atoms with van der Waals surface area (Å²) in [5.41, 5.74) is 3.02. The van der Waals surface area contributed by atoms with E-state index in [9.17, 15) is 19.2 Å². The number of ether oxygens (including phenoxy) is 1. The van der Waals surface area contributed by atoms with Crippen LogP contribution >= 0.6 is 11.6 Å². The van der Waals surface area contributed by atoms with Crippen molar-refractivity contribution in [1.29, 1.82) is 0 Å². The lowest BCUT2D eigenvalue weighted by atomic mass is 10.1. The molecule has 1 aliphatic heterocycles. The Morgan fingerprint density at radius 1 is 1.00 bits per heavy atom. The molecule has 0 spiro atoms. The van der Waals surface area contributed by atoms with Gasteiger partial charge in [0.15, 0.2) is 6.61 Å². The van der Waals surface area contributed by atoms with Crippen molar-refractivity contribution in [2.24, 2.45) is 0 Å². The lowest BCUT2D eigenvalue weighted by Crippen LogP contribution is -2.39. The van der Waals surface area contributed by atoms with Gasteiger partial charge in [-0.1, -0.05) is 41.9 Å². The quantitative estimate of drug-likeness (QED) is 0.190. The Morgan fingerprint density at radius 3 is 2.53 bits per heavy atom. The van der Waals surface area contributed by atoms with Crippen molar-refractivity contribution in [1.82, 2.24) is 10.3 Å². The molecule has 0 aliphatic carbocycles. The number of fused-ring (bicyclic) bond motifs is 1. The first-order valence-electron chi connectivity index (χ1n) is 12.1. The molecule has 1 unspecified atom stereocenters. The van der Waals surface area contributed by atoms with Crippen LogP contribution in [0.25, 0.3) is 10.9 Å². The van der Waals surface area contributed by atoms with Gasteiger partial charge in [0.25, 0.3) is 5.91 Å². The monoisotopic (exact) mass is 529 g/mol. The molecule has 0 saturated carbocycles. The zero-order valence-corrected chi connectivity index (χ0v) is 21.0. The highest BCUT2D eigenvalue weighted by atomic mass is 35.5. The summed E-state index contributed by atoms with van der Waals surface area (Å²) in [5, 5.41) is 4.61. The van der Waals surface area contributed by atoms with Crippen LogP contribution < -0.4 is 10.2 Å². The Bertz CT molecular complexity index is 1530. The second-order valence-corrected chi connectivity index (χ2v) is 9.32. The molecule has 192 valence electrons. The minimum atomic E-state index is -0.701. The summed E-state index contributed by atoms with van der Waals surface area (Å²) in [5.74, 6) is -1.78. The van der Waals surface area contributed by atoms with Gasteiger partial charge in [0.2, 0.25) is 11.7 Å². The number of anilines is 1. The molecular formula is C29H24ClN3O5. The average molecular weight is 530 g/mol. The van der Waals surface area contributed by atoms with Crippen LogP contribution in [0.3, 0.4) is 0 Å². The molecule has 2 heterocycles. The number of imide groups is 1. The molecule has 9 heteroatoms. The van der Waals surface area contributed by atoms with Crippen molar-refractivity contribution in [2.75, 3.05) is 18.1 Å². The normalized spacial score (nSPS) is 15.3. The molecule has 8 nitrogen and oxygen atoms in total. The van der Waals surface area contributed by atoms with Crippen LogP contribution in [0.15, 0.2) is 79.0 Å². The van der Waals surface area contributed by atoms with Crippen molar-refractivity contribution in [3.8, 4) is 0 Å². The van der Waals surface area contributed by atoms with Gasteiger partial charge in [-0.25, -0.2) is 9.69 Å². The number of benzene rings is 3. The van der Waals surface area contributed by atoms with Gasteiger partial charge in [-0.3, -0.25) is 14.4 Å². The van der Waals surface area contributed by atoms with Crippen LogP contribution in [0.1, 0.15) is 32.7 Å². The highest BCUT2D eigenvalue weighted by Gasteiger charge is 2.39. The zero-order chi connectivity index (χ0) is 26.6. The van der Waals surface area contributed by atoms with Crippen molar-refractivity contribution in [2.45, 2.75) is 18.9 Å². The van der Waals surface area contributed by atoms with Gasteiger partial charge in [0.1, 0.15) is 0 Å². The maximum absolute atomic E-state index is 13.0. The molecule has 0 bridgehead atoms. The number of Topliss-reactive ketones (excluding diaryl/α,β-unsaturated/α-hetero) is 1. The molecule has 0 radical (unpaired) electrons. The van der Waals surface area contributed by atoms with Gasteiger partial charge in [-0.05, 0) is 54.4 Å². The van der Waals surface area contributed by atoms with Gasteiger partial charge >= 0.3 is 5.97 Å². The van der Waals surface area contributed by atoms with Gasteiger partial charge in [-0.15, -0.1) is 0 Å². The van der Waals surface area contributed by atoms with E-state index < -0.39 is 24.4 Å². The van der Waals surface area contributed by atoms with E-state index in [1.54, 1.807) is 24.3 Å². The number of ketones is 1. The first-order valence-corrected chi connectivity index (χ1v) is 12.5. The van der Waals surface area contributed by atoms with E-state index in [2.05, 4.69) is 10.3 Å². The Morgan fingerprint density at radius 2 is 1.74 bits per heavy atom. The Kier molecular flexibility index (Phi) is 7.35. The Labute approximate surface area is 223 Å². The van der Waals surface area contributed by atoms with Crippen molar-refractivity contribution >= 4 is 51.8 Å². The minimum absolute atomic E-state index is 0.0562. The number of halogens is 1. The molecular weight excluding hydrogens is 506 g/mol. The topological polar surface area (TPSA) is 109 Å². The van der Waals surface area contributed by atoms with E-state index in [1.807, 2.05) is 30.5 Å². The lowest BCUT2D eigenvalue weighted by molar-refractivity contribution is -0.121. The van der Waals surface area contributed by atoms with Crippen molar-refractivity contribution in [3.63, 3.8) is 0 Å². The molecule has 1 atom stereocenters. The first kappa shape index (κ1) is 25.4. The van der Waals surface area contributed by atoms with E-state index in [0.717, 1.165) is 21.4 Å². The number of para-hydroxylation sites is 1. The number of nitrogens with zero attached hydrogens (tertiary/aromatic N) is 1. The lowest BCUT2D eigenvalue weighted by Gasteiger charge is -2.16. The van der Waals surface area contributed by atoms with Crippen LogP contribution in [0.4, 0.5) is 5.69 Å². The van der Waals surface area contributed by atoms with Gasteiger partial charge in [0.05, 0.1) is 28.7 Å². The fraction of sp³-hybridized carbons (Fsp3) is 0.172. The zero-order valence-electron chi connectivity index (χ0n) is 20.3. The highest BCUT2D eigenvalue weighted by Crippen LogP contribution is 2.24. The molecule has 4 aromatic rings. The predicted octanol–water partition coefficient (Wildman–Crippen LogP) is 4.33. The third-order valence-corrected chi connectivity index (χ3v) is 6.81. The molecule has 2 amide bonds. The fourth-order valence-corrected chi connectivity index (χ4v) is 4.75. The van der Waals surface area contributed by atoms with Gasteiger partial charge in [0, 0.05) is 29.2 Å². The summed E-state index contributed by atoms with van der Waals surface area (Å²) in [6, 6.07) is 19.8. The Hall–Kier alpha value is -4.27. The number of amides is 2. The molecule has 5 rings (SSSR count). The van der Waals surface area contributed by atoms with Crippen LogP contribution in [0.2, 0.25) is 5.02 Å². The number of rotatable bonds is 9. The largest absolute Gasteiger partial charge is 0.454 e. The number of hydrogen-bond acceptors (Lipinski definition) is 6. The molecule has 1 fully saturated rings. The molecule has 1 saturated heterocycles. The van der Waals surface area contributed by atoms with Crippen molar-refractivity contribution in [3.05, 3.63) is 101 Å². The number of hydrogen-bond donors (Lipinski definition) is 2. The average Bonchev–Trinajstić information content (AvgIpc) is 3.47. The first-order chi connectivity index (χ1) is 18.4. The number of carbonyl (C=O) groups excluding carboxylic acids is 4. The smallest absolute Gasteiger partial charge is 0.338 e. The number of nitrogens with one attached hydrogen (secondary N) is 2. The van der Waals surface area contributed by atoms with E-state index in [4.69, 9.17) is 16.3 Å². The number of esters is 1. The maximum atomic E-state index is 13.0. The van der Waals surface area contributed by atoms with Crippen LogP contribution in [0, 0.1) is 0 Å². The number of carbonyl (C=O) groups is 4. The third kappa shape index (κ3) is 5.22. The Balaban J connectivity index is 1.16. The fourth-order valence-electron chi connectivity index (χ4n) is 4.51. The minimum Gasteiger partial charge on any atom is -0.454 e. The number of aromatic nitrogens is 1. The summed E-state index contributed by atoms with van der Waals surface area (Å²) in [7, 11) is 0. The summed E-state index contributed by atoms with van der Waals surface area (Å²) < 4.78 is 5.12. The summed E-state index contributed by atoms with van der Waals surface area (Å²) in [6.45, 7) is 0.0797. The molecule has 3 aromatic carbocycles. The second kappa shape index (κ2) is 11.0. The summed E-state index contributed by atoms with van der Waals surface area (Å²) in [4.78, 5) is 54.7. The van der Waals surface area contributed by atoms with E-state index in [0.29, 0.717) is 18.7 Å². The van der Waals surface area contributed by atoms with Gasteiger partial charge in [-0.2, -0.15) is 0 Å². The van der Waals surface area contributed by atoms with Crippen molar-refractivity contribution < 1.29 is 23.9 Å². The van der Waals surface area contributed by atoms with E-state index in [1.165, 1.54) is 24.3 Å². The van der Waals surface area contributed by atoms with Crippen LogP contribution in [-0.4, -0.2) is 47.7 Å². The molecule has 2 N–H and O–H groups in total. The molecule has 1 aliphatic rings. The van der Waals surface area contributed by atoms with Crippen LogP contribution in [0.5, 0.6) is 0 Å². The van der Waals surface area contributed by atoms with Gasteiger partial charge < -0.3 is 15.0 Å². The summed E-state index contributed by atoms with van der Waals surface area (Å²) in [6.07, 6.45) is 2.72. The number of aromatic amines is 1. The highest BCUT2D eigenvalue weighted by molar-refractivity contribution is 6.34.